The van der Waals surface area contributed by atoms with Crippen LogP contribution in [0.2, 0.25) is 0 Å². The van der Waals surface area contributed by atoms with Crippen LogP contribution in [0.5, 0.6) is 0 Å². The largest absolute Gasteiger partial charge is 0.269 e. The van der Waals surface area contributed by atoms with Gasteiger partial charge in [-0.1, -0.05) is 19.1 Å². The molecular formula is C14H14N2O2. The van der Waals surface area contributed by atoms with Crippen molar-refractivity contribution in [3.05, 3.63) is 70.0 Å². The van der Waals surface area contributed by atoms with E-state index in [0.29, 0.717) is 5.92 Å². The molecule has 0 aliphatic rings. The number of nitro groups is 1. The fraction of sp³-hybridized carbons (Fsp3) is 0.214. The number of rotatable bonds is 4. The lowest BCUT2D eigenvalue weighted by Gasteiger charge is -2.11. The van der Waals surface area contributed by atoms with E-state index in [0.717, 1.165) is 12.0 Å². The summed E-state index contributed by atoms with van der Waals surface area (Å²) in [5, 5.41) is 10.6. The van der Waals surface area contributed by atoms with Gasteiger partial charge in [-0.3, -0.25) is 15.1 Å². The third kappa shape index (κ3) is 2.91. The van der Waals surface area contributed by atoms with Crippen molar-refractivity contribution in [2.45, 2.75) is 19.3 Å². The second-order valence-corrected chi connectivity index (χ2v) is 4.31. The minimum absolute atomic E-state index is 0.135. The van der Waals surface area contributed by atoms with Gasteiger partial charge in [0.25, 0.3) is 5.69 Å². The van der Waals surface area contributed by atoms with Gasteiger partial charge < -0.3 is 0 Å². The standard InChI is InChI=1S/C14H14N2O2/c1-11(13-6-8-15-9-7-13)10-12-2-4-14(5-3-12)16(17)18/h2-9,11H,10H2,1H3. The molecule has 0 fully saturated rings. The van der Waals surface area contributed by atoms with Gasteiger partial charge in [0.1, 0.15) is 0 Å². The van der Waals surface area contributed by atoms with Crippen molar-refractivity contribution in [1.29, 1.82) is 0 Å². The van der Waals surface area contributed by atoms with Crippen molar-refractivity contribution in [2.75, 3.05) is 0 Å². The van der Waals surface area contributed by atoms with E-state index in [4.69, 9.17) is 0 Å². The molecule has 4 heteroatoms. The SMILES string of the molecule is CC(Cc1ccc([N+](=O)[O-])cc1)c1ccncc1. The van der Waals surface area contributed by atoms with E-state index in [1.807, 2.05) is 24.3 Å². The van der Waals surface area contributed by atoms with Crippen LogP contribution in [-0.4, -0.2) is 9.91 Å². The van der Waals surface area contributed by atoms with Crippen LogP contribution in [0.3, 0.4) is 0 Å². The molecule has 0 spiro atoms. The first-order valence-corrected chi connectivity index (χ1v) is 5.80. The van der Waals surface area contributed by atoms with Crippen molar-refractivity contribution in [1.82, 2.24) is 4.98 Å². The molecule has 0 saturated heterocycles. The zero-order valence-corrected chi connectivity index (χ0v) is 10.1. The predicted octanol–water partition coefficient (Wildman–Crippen LogP) is 3.34. The molecule has 2 rings (SSSR count). The highest BCUT2D eigenvalue weighted by Gasteiger charge is 2.08. The van der Waals surface area contributed by atoms with Crippen molar-refractivity contribution in [3.8, 4) is 0 Å². The molecule has 4 nitrogen and oxygen atoms in total. The molecular weight excluding hydrogens is 228 g/mol. The van der Waals surface area contributed by atoms with Gasteiger partial charge in [0, 0.05) is 24.5 Å². The maximum atomic E-state index is 10.6. The predicted molar refractivity (Wildman–Crippen MR) is 69.5 cm³/mol. The number of hydrogen-bond donors (Lipinski definition) is 0. The summed E-state index contributed by atoms with van der Waals surface area (Å²) in [5.41, 5.74) is 2.46. The van der Waals surface area contributed by atoms with Gasteiger partial charge >= 0.3 is 0 Å². The van der Waals surface area contributed by atoms with Crippen LogP contribution < -0.4 is 0 Å². The topological polar surface area (TPSA) is 56.0 Å². The van der Waals surface area contributed by atoms with E-state index >= 15 is 0 Å². The first kappa shape index (κ1) is 12.2. The molecule has 1 heterocycles. The lowest BCUT2D eigenvalue weighted by molar-refractivity contribution is -0.384. The maximum absolute atomic E-state index is 10.6. The van der Waals surface area contributed by atoms with Crippen molar-refractivity contribution >= 4 is 5.69 Å². The van der Waals surface area contributed by atoms with Gasteiger partial charge in [-0.2, -0.15) is 0 Å². The Hall–Kier alpha value is -2.23. The number of non-ortho nitro benzene ring substituents is 1. The number of nitro benzene ring substituents is 1. The maximum Gasteiger partial charge on any atom is 0.269 e. The molecule has 1 aromatic heterocycles. The molecule has 0 amide bonds. The molecule has 0 aliphatic carbocycles. The minimum atomic E-state index is -0.379. The van der Waals surface area contributed by atoms with E-state index in [1.165, 1.54) is 5.56 Å². The average molecular weight is 242 g/mol. The van der Waals surface area contributed by atoms with Gasteiger partial charge in [0.2, 0.25) is 0 Å². The van der Waals surface area contributed by atoms with E-state index in [2.05, 4.69) is 11.9 Å². The molecule has 92 valence electrons. The highest BCUT2D eigenvalue weighted by atomic mass is 16.6. The molecule has 2 aromatic rings. The van der Waals surface area contributed by atoms with Crippen LogP contribution >= 0.6 is 0 Å². The summed E-state index contributed by atoms with van der Waals surface area (Å²) in [7, 11) is 0. The van der Waals surface area contributed by atoms with Gasteiger partial charge in [-0.15, -0.1) is 0 Å². The smallest absolute Gasteiger partial charge is 0.265 e. The molecule has 0 N–H and O–H groups in total. The summed E-state index contributed by atoms with van der Waals surface area (Å²) >= 11 is 0. The second kappa shape index (κ2) is 5.40. The molecule has 1 unspecified atom stereocenters. The number of aromatic nitrogens is 1. The summed E-state index contributed by atoms with van der Waals surface area (Å²) in [6.07, 6.45) is 4.42. The van der Waals surface area contributed by atoms with Crippen molar-refractivity contribution < 1.29 is 4.92 Å². The zero-order valence-electron chi connectivity index (χ0n) is 10.1. The molecule has 0 bridgehead atoms. The Labute approximate surface area is 105 Å². The van der Waals surface area contributed by atoms with Gasteiger partial charge in [-0.25, -0.2) is 0 Å². The van der Waals surface area contributed by atoms with E-state index in [1.54, 1.807) is 24.5 Å². The van der Waals surface area contributed by atoms with E-state index < -0.39 is 0 Å². The minimum Gasteiger partial charge on any atom is -0.265 e. The van der Waals surface area contributed by atoms with Crippen LogP contribution in [0.15, 0.2) is 48.8 Å². The summed E-state index contributed by atoms with van der Waals surface area (Å²) in [5.74, 6) is 0.370. The third-order valence-electron chi connectivity index (χ3n) is 2.96. The van der Waals surface area contributed by atoms with Gasteiger partial charge in [0.05, 0.1) is 4.92 Å². The highest BCUT2D eigenvalue weighted by molar-refractivity contribution is 5.33. The summed E-state index contributed by atoms with van der Waals surface area (Å²) in [4.78, 5) is 14.2. The Bertz CT molecular complexity index is 523. The van der Waals surface area contributed by atoms with E-state index in [-0.39, 0.29) is 10.6 Å². The average Bonchev–Trinajstić information content (AvgIpc) is 2.40. The normalized spacial score (nSPS) is 12.1. The Kier molecular flexibility index (Phi) is 3.67. The highest BCUT2D eigenvalue weighted by Crippen LogP contribution is 2.21. The summed E-state index contributed by atoms with van der Waals surface area (Å²) in [6, 6.07) is 10.7. The Morgan fingerprint density at radius 2 is 1.78 bits per heavy atom. The molecule has 18 heavy (non-hydrogen) atoms. The quantitative estimate of drug-likeness (QED) is 0.610. The van der Waals surface area contributed by atoms with Crippen molar-refractivity contribution in [3.63, 3.8) is 0 Å². The van der Waals surface area contributed by atoms with Crippen LogP contribution in [0.25, 0.3) is 0 Å². The van der Waals surface area contributed by atoms with Gasteiger partial charge in [0.15, 0.2) is 0 Å². The van der Waals surface area contributed by atoms with Crippen molar-refractivity contribution in [2.24, 2.45) is 0 Å². The number of benzene rings is 1. The van der Waals surface area contributed by atoms with Crippen LogP contribution in [0.1, 0.15) is 24.0 Å². The zero-order chi connectivity index (χ0) is 13.0. The summed E-state index contributed by atoms with van der Waals surface area (Å²) in [6.45, 7) is 2.14. The van der Waals surface area contributed by atoms with E-state index in [9.17, 15) is 10.1 Å². The molecule has 0 aliphatic heterocycles. The molecule has 1 atom stereocenters. The van der Waals surface area contributed by atoms with Crippen LogP contribution in [-0.2, 0) is 6.42 Å². The fourth-order valence-electron chi connectivity index (χ4n) is 1.92. The molecule has 0 radical (unpaired) electrons. The lowest BCUT2D eigenvalue weighted by Crippen LogP contribution is -1.98. The molecule has 0 saturated carbocycles. The number of hydrogen-bond acceptors (Lipinski definition) is 3. The third-order valence-corrected chi connectivity index (χ3v) is 2.96. The van der Waals surface area contributed by atoms with Crippen LogP contribution in [0, 0.1) is 10.1 Å². The second-order valence-electron chi connectivity index (χ2n) is 4.31. The molecule has 1 aromatic carbocycles. The first-order chi connectivity index (χ1) is 8.66. The number of pyridine rings is 1. The monoisotopic (exact) mass is 242 g/mol. The first-order valence-electron chi connectivity index (χ1n) is 5.80. The number of nitrogens with zero attached hydrogens (tertiary/aromatic N) is 2. The Morgan fingerprint density at radius 1 is 1.17 bits per heavy atom. The fourth-order valence-corrected chi connectivity index (χ4v) is 1.92. The Balaban J connectivity index is 2.08. The van der Waals surface area contributed by atoms with Crippen LogP contribution in [0.4, 0.5) is 5.69 Å². The Morgan fingerprint density at radius 3 is 2.33 bits per heavy atom. The lowest BCUT2D eigenvalue weighted by atomic mass is 9.94. The van der Waals surface area contributed by atoms with Gasteiger partial charge in [-0.05, 0) is 35.6 Å². The summed E-state index contributed by atoms with van der Waals surface area (Å²) < 4.78 is 0.